The predicted molar refractivity (Wildman–Crippen MR) is 71.3 cm³/mol. The summed E-state index contributed by atoms with van der Waals surface area (Å²) < 4.78 is 0.335. The molecule has 0 saturated heterocycles. The molecule has 0 bridgehead atoms. The molecule has 1 nitrogen and oxygen atoms in total. The summed E-state index contributed by atoms with van der Waals surface area (Å²) in [5, 5.41) is 0.235. The van der Waals surface area contributed by atoms with Crippen LogP contribution in [-0.4, -0.2) is 15.6 Å². The number of allylic oxidation sites excluding steroid dienone is 2. The summed E-state index contributed by atoms with van der Waals surface area (Å²) in [7, 11) is 0. The number of carbonyl (C=O) groups is 1. The van der Waals surface area contributed by atoms with Crippen LogP contribution in [0, 0.1) is 5.92 Å². The molecule has 0 aromatic heterocycles. The molecular formula is C12H20OS2. The lowest BCUT2D eigenvalue weighted by Crippen LogP contribution is -2.17. The van der Waals surface area contributed by atoms with E-state index < -0.39 is 0 Å². The molecule has 0 aliphatic carbocycles. The molecule has 1 heterocycles. The molecule has 3 heteroatoms. The molecule has 0 radical (unpaired) electrons. The number of hydrogen-bond acceptors (Lipinski definition) is 3. The molecule has 15 heavy (non-hydrogen) atoms. The molecule has 1 unspecified atom stereocenters. The van der Waals surface area contributed by atoms with E-state index in [0.717, 1.165) is 18.6 Å². The molecule has 0 amide bonds. The minimum absolute atomic E-state index is 0.235. The van der Waals surface area contributed by atoms with Gasteiger partial charge in [0.15, 0.2) is 5.12 Å². The third-order valence-electron chi connectivity index (χ3n) is 2.60. The van der Waals surface area contributed by atoms with Crippen LogP contribution < -0.4 is 0 Å². The second kappa shape index (κ2) is 5.44. The maximum atomic E-state index is 10.8. The Morgan fingerprint density at radius 3 is 2.80 bits per heavy atom. The first-order chi connectivity index (χ1) is 6.93. The first-order valence-electron chi connectivity index (χ1n) is 5.45. The monoisotopic (exact) mass is 244 g/mol. The Morgan fingerprint density at radius 2 is 2.33 bits per heavy atom. The van der Waals surface area contributed by atoms with E-state index in [1.54, 1.807) is 6.92 Å². The van der Waals surface area contributed by atoms with Gasteiger partial charge < -0.3 is 0 Å². The summed E-state index contributed by atoms with van der Waals surface area (Å²) in [5.74, 6) is 1.61. The van der Waals surface area contributed by atoms with E-state index in [0.29, 0.717) is 10.7 Å². The number of carbonyl (C=O) groups excluding carboxylic acids is 1. The lowest BCUT2D eigenvalue weighted by molar-refractivity contribution is -0.109. The van der Waals surface area contributed by atoms with Crippen molar-refractivity contribution in [1.82, 2.24) is 0 Å². The zero-order valence-corrected chi connectivity index (χ0v) is 11.6. The predicted octanol–water partition coefficient (Wildman–Crippen LogP) is 4.09. The van der Waals surface area contributed by atoms with Crippen LogP contribution in [0.5, 0.6) is 0 Å². The van der Waals surface area contributed by atoms with Crippen molar-refractivity contribution in [3.05, 3.63) is 11.0 Å². The summed E-state index contributed by atoms with van der Waals surface area (Å²) in [4.78, 5) is 12.4. The fourth-order valence-corrected chi connectivity index (χ4v) is 3.91. The number of rotatable bonds is 4. The van der Waals surface area contributed by atoms with Crippen LogP contribution in [0.25, 0.3) is 0 Å². The van der Waals surface area contributed by atoms with Crippen LogP contribution in [0.1, 0.15) is 40.5 Å². The normalized spacial score (nSPS) is 25.8. The van der Waals surface area contributed by atoms with Gasteiger partial charge in [0.05, 0.1) is 0 Å². The minimum Gasteiger partial charge on any atom is -0.288 e. The van der Waals surface area contributed by atoms with Gasteiger partial charge >= 0.3 is 0 Å². The van der Waals surface area contributed by atoms with Gasteiger partial charge in [-0.3, -0.25) is 4.79 Å². The lowest BCUT2D eigenvalue weighted by atomic mass is 10.0. The molecule has 0 fully saturated rings. The summed E-state index contributed by atoms with van der Waals surface area (Å²) in [6.07, 6.45) is 4.64. The van der Waals surface area contributed by atoms with Gasteiger partial charge in [0.25, 0.3) is 0 Å². The van der Waals surface area contributed by atoms with Gasteiger partial charge in [0.2, 0.25) is 0 Å². The van der Waals surface area contributed by atoms with Crippen LogP contribution in [0.15, 0.2) is 11.0 Å². The van der Waals surface area contributed by atoms with E-state index in [-0.39, 0.29) is 5.12 Å². The molecule has 1 atom stereocenters. The van der Waals surface area contributed by atoms with Crippen molar-refractivity contribution < 1.29 is 4.79 Å². The molecular weight excluding hydrogens is 224 g/mol. The highest BCUT2D eigenvalue weighted by Crippen LogP contribution is 2.47. The molecule has 0 aromatic carbocycles. The Kier molecular flexibility index (Phi) is 4.78. The first-order valence-corrected chi connectivity index (χ1v) is 7.25. The molecule has 0 spiro atoms. The van der Waals surface area contributed by atoms with Crippen molar-refractivity contribution in [3.63, 3.8) is 0 Å². The minimum atomic E-state index is 0.235. The van der Waals surface area contributed by atoms with Gasteiger partial charge in [-0.05, 0) is 30.6 Å². The molecule has 0 saturated carbocycles. The molecule has 1 rings (SSSR count). The van der Waals surface area contributed by atoms with Gasteiger partial charge in [-0.25, -0.2) is 0 Å². The Balaban J connectivity index is 2.35. The molecule has 1 aliphatic heterocycles. The number of hydrogen-bond donors (Lipinski definition) is 0. The van der Waals surface area contributed by atoms with Gasteiger partial charge in [-0.1, -0.05) is 31.7 Å². The van der Waals surface area contributed by atoms with Gasteiger partial charge in [0, 0.05) is 17.4 Å². The SMILES string of the molecule is CC(=O)SCCC1(C)CC=C(C(C)C)S1. The van der Waals surface area contributed by atoms with E-state index in [9.17, 15) is 4.79 Å². The van der Waals surface area contributed by atoms with Gasteiger partial charge in [-0.2, -0.15) is 0 Å². The number of thioether (sulfide) groups is 2. The second-order valence-electron chi connectivity index (χ2n) is 4.61. The van der Waals surface area contributed by atoms with Crippen LogP contribution in [0.2, 0.25) is 0 Å². The van der Waals surface area contributed by atoms with E-state index in [2.05, 4.69) is 26.8 Å². The highest BCUT2D eigenvalue weighted by atomic mass is 32.2. The average molecular weight is 244 g/mol. The molecule has 86 valence electrons. The Bertz CT molecular complexity index is 271. The Morgan fingerprint density at radius 1 is 1.67 bits per heavy atom. The highest BCUT2D eigenvalue weighted by Gasteiger charge is 2.31. The van der Waals surface area contributed by atoms with Crippen molar-refractivity contribution in [2.75, 3.05) is 5.75 Å². The van der Waals surface area contributed by atoms with E-state index in [1.807, 2.05) is 11.8 Å². The van der Waals surface area contributed by atoms with Gasteiger partial charge in [0.1, 0.15) is 0 Å². The summed E-state index contributed by atoms with van der Waals surface area (Å²) in [5.41, 5.74) is 0. The van der Waals surface area contributed by atoms with Crippen molar-refractivity contribution in [2.24, 2.45) is 5.92 Å². The van der Waals surface area contributed by atoms with E-state index in [1.165, 1.54) is 16.7 Å². The maximum absolute atomic E-state index is 10.8. The Hall–Kier alpha value is 0.110. The topological polar surface area (TPSA) is 17.1 Å². The Labute approximate surface area is 101 Å². The second-order valence-corrected chi connectivity index (χ2v) is 7.54. The third kappa shape index (κ3) is 4.23. The van der Waals surface area contributed by atoms with E-state index in [4.69, 9.17) is 0 Å². The van der Waals surface area contributed by atoms with Crippen molar-refractivity contribution in [3.8, 4) is 0 Å². The smallest absolute Gasteiger partial charge is 0.185 e. The molecule has 0 aromatic rings. The molecule has 1 aliphatic rings. The van der Waals surface area contributed by atoms with Crippen molar-refractivity contribution in [2.45, 2.75) is 45.3 Å². The summed E-state index contributed by atoms with van der Waals surface area (Å²) in [6.45, 7) is 8.45. The van der Waals surface area contributed by atoms with Crippen LogP contribution in [0.4, 0.5) is 0 Å². The zero-order valence-electron chi connectivity index (χ0n) is 10.0. The highest BCUT2D eigenvalue weighted by molar-refractivity contribution is 8.13. The first kappa shape index (κ1) is 13.2. The van der Waals surface area contributed by atoms with E-state index >= 15 is 0 Å². The van der Waals surface area contributed by atoms with Crippen LogP contribution in [0.3, 0.4) is 0 Å². The maximum Gasteiger partial charge on any atom is 0.185 e. The third-order valence-corrected chi connectivity index (χ3v) is 5.16. The molecule has 0 N–H and O–H groups in total. The average Bonchev–Trinajstić information content (AvgIpc) is 2.47. The van der Waals surface area contributed by atoms with Crippen molar-refractivity contribution >= 4 is 28.6 Å². The van der Waals surface area contributed by atoms with Crippen LogP contribution >= 0.6 is 23.5 Å². The lowest BCUT2D eigenvalue weighted by Gasteiger charge is -2.23. The quantitative estimate of drug-likeness (QED) is 0.741. The standard InChI is InChI=1S/C12H20OS2/c1-9(2)11-5-6-12(4,15-11)7-8-14-10(3)13/h5,9H,6-8H2,1-4H3. The van der Waals surface area contributed by atoms with Crippen molar-refractivity contribution in [1.29, 1.82) is 0 Å². The fourth-order valence-electron chi connectivity index (χ4n) is 1.60. The fraction of sp³-hybridized carbons (Fsp3) is 0.750. The van der Waals surface area contributed by atoms with Gasteiger partial charge in [-0.15, -0.1) is 11.8 Å². The summed E-state index contributed by atoms with van der Waals surface area (Å²) in [6, 6.07) is 0. The largest absolute Gasteiger partial charge is 0.288 e. The van der Waals surface area contributed by atoms with Crippen LogP contribution in [-0.2, 0) is 4.79 Å². The summed E-state index contributed by atoms with van der Waals surface area (Å²) >= 11 is 3.46. The zero-order chi connectivity index (χ0) is 11.5.